The lowest BCUT2D eigenvalue weighted by atomic mass is 10.1. The molecule has 6 nitrogen and oxygen atoms in total. The number of likely N-dealkylation sites (tertiary alicyclic amines) is 2. The molecule has 7 heteroatoms. The Kier molecular flexibility index (Phi) is 6.07. The number of nitrogens with one attached hydrogen (secondary N) is 2. The van der Waals surface area contributed by atoms with Crippen molar-refractivity contribution in [2.24, 2.45) is 0 Å². The van der Waals surface area contributed by atoms with Crippen LogP contribution in [0.1, 0.15) is 46.5 Å². The van der Waals surface area contributed by atoms with Gasteiger partial charge < -0.3 is 20.1 Å². The van der Waals surface area contributed by atoms with Crippen LogP contribution >= 0.6 is 12.4 Å². The molecule has 128 valence electrons. The number of aromatic amines is 1. The molecular weight excluding hydrogens is 316 g/mol. The summed E-state index contributed by atoms with van der Waals surface area (Å²) in [6.07, 6.45) is 5.91. The zero-order valence-electron chi connectivity index (χ0n) is 13.5. The van der Waals surface area contributed by atoms with Gasteiger partial charge in [0.2, 0.25) is 0 Å². The molecule has 2 fully saturated rings. The second-order valence-electron chi connectivity index (χ2n) is 6.18. The quantitative estimate of drug-likeness (QED) is 0.876. The van der Waals surface area contributed by atoms with Crippen molar-refractivity contribution >= 4 is 24.2 Å². The number of carbonyl (C=O) groups is 2. The number of hydrogen-bond donors (Lipinski definition) is 2. The molecule has 3 rings (SSSR count). The zero-order chi connectivity index (χ0) is 15.5. The third-order valence-electron chi connectivity index (χ3n) is 4.67. The number of hydrogen-bond acceptors (Lipinski definition) is 3. The summed E-state index contributed by atoms with van der Waals surface area (Å²) in [5, 5.41) is 3.24. The summed E-state index contributed by atoms with van der Waals surface area (Å²) in [6, 6.07) is 2.06. The van der Waals surface area contributed by atoms with Crippen molar-refractivity contribution in [3.8, 4) is 0 Å². The van der Waals surface area contributed by atoms with Crippen LogP contribution in [0.3, 0.4) is 0 Å². The monoisotopic (exact) mass is 340 g/mol. The van der Waals surface area contributed by atoms with E-state index in [1.54, 1.807) is 12.3 Å². The lowest BCUT2D eigenvalue weighted by Gasteiger charge is -2.32. The van der Waals surface area contributed by atoms with Crippen molar-refractivity contribution in [2.75, 3.05) is 33.2 Å². The van der Waals surface area contributed by atoms with Gasteiger partial charge in [-0.1, -0.05) is 0 Å². The van der Waals surface area contributed by atoms with Crippen LogP contribution in [0.2, 0.25) is 0 Å². The Morgan fingerprint density at radius 2 is 1.83 bits per heavy atom. The molecule has 23 heavy (non-hydrogen) atoms. The fourth-order valence-electron chi connectivity index (χ4n) is 3.31. The van der Waals surface area contributed by atoms with Crippen molar-refractivity contribution < 1.29 is 9.59 Å². The number of amides is 2. The number of rotatable bonds is 3. The van der Waals surface area contributed by atoms with Crippen LogP contribution < -0.4 is 5.32 Å². The van der Waals surface area contributed by atoms with Crippen molar-refractivity contribution in [3.05, 3.63) is 23.5 Å². The first-order chi connectivity index (χ1) is 10.7. The molecule has 2 amide bonds. The lowest BCUT2D eigenvalue weighted by molar-refractivity contribution is 0.0698. The molecule has 2 aliphatic rings. The van der Waals surface area contributed by atoms with Gasteiger partial charge in [0.05, 0.1) is 5.56 Å². The van der Waals surface area contributed by atoms with Gasteiger partial charge in [0.25, 0.3) is 11.8 Å². The molecule has 0 aromatic carbocycles. The highest BCUT2D eigenvalue weighted by Crippen LogP contribution is 2.17. The first-order valence-electron chi connectivity index (χ1n) is 8.13. The number of halogens is 1. The van der Waals surface area contributed by atoms with E-state index in [4.69, 9.17) is 0 Å². The van der Waals surface area contributed by atoms with Gasteiger partial charge in [-0.3, -0.25) is 9.59 Å². The van der Waals surface area contributed by atoms with Gasteiger partial charge in [0.15, 0.2) is 0 Å². The first-order valence-corrected chi connectivity index (χ1v) is 8.13. The Morgan fingerprint density at radius 3 is 2.52 bits per heavy atom. The van der Waals surface area contributed by atoms with E-state index in [2.05, 4.69) is 10.3 Å². The van der Waals surface area contributed by atoms with E-state index in [1.165, 1.54) is 0 Å². The number of aromatic nitrogens is 1. The minimum Gasteiger partial charge on any atom is -0.356 e. The van der Waals surface area contributed by atoms with Gasteiger partial charge in [0, 0.05) is 38.4 Å². The SMILES string of the molecule is CNC1CCCN(C(=O)c2c[nH]c(C(=O)N3CCCC3)c2)C1.Cl. The molecule has 1 unspecified atom stereocenters. The van der Waals surface area contributed by atoms with Gasteiger partial charge in [-0.05, 0) is 38.8 Å². The van der Waals surface area contributed by atoms with Crippen molar-refractivity contribution in [1.29, 1.82) is 0 Å². The van der Waals surface area contributed by atoms with Crippen LogP contribution in [0.5, 0.6) is 0 Å². The molecule has 0 aliphatic carbocycles. The van der Waals surface area contributed by atoms with Crippen LogP contribution in [0.15, 0.2) is 12.3 Å². The van der Waals surface area contributed by atoms with Crippen LogP contribution in [0.4, 0.5) is 0 Å². The standard InChI is InChI=1S/C16H24N4O2.ClH/c1-17-13-5-4-8-20(11-13)15(21)12-9-14(18-10-12)16(22)19-6-2-3-7-19;/h9-10,13,17-18H,2-8,11H2,1H3;1H. The Balaban J connectivity index is 0.00000192. The highest BCUT2D eigenvalue weighted by molar-refractivity contribution is 5.99. The van der Waals surface area contributed by atoms with E-state index >= 15 is 0 Å². The molecule has 2 N–H and O–H groups in total. The largest absolute Gasteiger partial charge is 0.356 e. The summed E-state index contributed by atoms with van der Waals surface area (Å²) in [6.45, 7) is 3.15. The number of nitrogens with zero attached hydrogens (tertiary/aromatic N) is 2. The highest BCUT2D eigenvalue weighted by Gasteiger charge is 2.26. The summed E-state index contributed by atoms with van der Waals surface area (Å²) >= 11 is 0. The molecule has 0 bridgehead atoms. The summed E-state index contributed by atoms with van der Waals surface area (Å²) < 4.78 is 0. The van der Waals surface area contributed by atoms with E-state index < -0.39 is 0 Å². The Labute approximate surface area is 143 Å². The van der Waals surface area contributed by atoms with Crippen LogP contribution in [-0.2, 0) is 0 Å². The van der Waals surface area contributed by atoms with Gasteiger partial charge in [-0.25, -0.2) is 0 Å². The third-order valence-corrected chi connectivity index (χ3v) is 4.67. The van der Waals surface area contributed by atoms with Gasteiger partial charge in [-0.2, -0.15) is 0 Å². The lowest BCUT2D eigenvalue weighted by Crippen LogP contribution is -2.46. The fraction of sp³-hybridized carbons (Fsp3) is 0.625. The molecule has 2 aliphatic heterocycles. The van der Waals surface area contributed by atoms with Gasteiger partial charge in [-0.15, -0.1) is 12.4 Å². The Bertz CT molecular complexity index is 554. The predicted molar refractivity (Wildman–Crippen MR) is 91.2 cm³/mol. The van der Waals surface area contributed by atoms with Crippen LogP contribution in [0, 0.1) is 0 Å². The number of H-pyrrole nitrogens is 1. The normalized spacial score (nSPS) is 21.2. The summed E-state index contributed by atoms with van der Waals surface area (Å²) in [7, 11) is 1.93. The maximum Gasteiger partial charge on any atom is 0.270 e. The Hall–Kier alpha value is -1.53. The zero-order valence-corrected chi connectivity index (χ0v) is 14.3. The third kappa shape index (κ3) is 3.87. The maximum absolute atomic E-state index is 12.6. The van der Waals surface area contributed by atoms with Crippen molar-refractivity contribution in [1.82, 2.24) is 20.1 Å². The first kappa shape index (κ1) is 17.8. The summed E-state index contributed by atoms with van der Waals surface area (Å²) in [5.41, 5.74) is 1.10. The van der Waals surface area contributed by atoms with E-state index in [1.807, 2.05) is 16.8 Å². The predicted octanol–water partition coefficient (Wildman–Crippen LogP) is 1.50. The highest BCUT2D eigenvalue weighted by atomic mass is 35.5. The van der Waals surface area contributed by atoms with Crippen LogP contribution in [0.25, 0.3) is 0 Å². The smallest absolute Gasteiger partial charge is 0.270 e. The molecule has 2 saturated heterocycles. The van der Waals surface area contributed by atoms with Gasteiger partial charge in [0.1, 0.15) is 5.69 Å². The second-order valence-corrected chi connectivity index (χ2v) is 6.18. The van der Waals surface area contributed by atoms with Crippen molar-refractivity contribution in [3.63, 3.8) is 0 Å². The van der Waals surface area contributed by atoms with E-state index in [0.29, 0.717) is 17.3 Å². The maximum atomic E-state index is 12.6. The molecule has 0 spiro atoms. The molecule has 3 heterocycles. The van der Waals surface area contributed by atoms with E-state index in [9.17, 15) is 9.59 Å². The molecular formula is C16H25ClN4O2. The average molecular weight is 341 g/mol. The molecule has 1 aromatic heterocycles. The van der Waals surface area contributed by atoms with E-state index in [-0.39, 0.29) is 24.2 Å². The number of likely N-dealkylation sites (N-methyl/N-ethyl adjacent to an activating group) is 1. The second kappa shape index (κ2) is 7.84. The number of carbonyl (C=O) groups excluding carboxylic acids is 2. The fourth-order valence-corrected chi connectivity index (χ4v) is 3.31. The van der Waals surface area contributed by atoms with Gasteiger partial charge >= 0.3 is 0 Å². The number of piperidine rings is 1. The molecule has 1 atom stereocenters. The Morgan fingerprint density at radius 1 is 1.13 bits per heavy atom. The van der Waals surface area contributed by atoms with E-state index in [0.717, 1.165) is 51.9 Å². The minimum atomic E-state index is 0. The summed E-state index contributed by atoms with van der Waals surface area (Å²) in [5.74, 6) is 0.0139. The van der Waals surface area contributed by atoms with Crippen molar-refractivity contribution in [2.45, 2.75) is 31.7 Å². The van der Waals surface area contributed by atoms with Crippen LogP contribution in [-0.4, -0.2) is 65.9 Å². The molecule has 0 saturated carbocycles. The average Bonchev–Trinajstić information content (AvgIpc) is 3.25. The molecule has 1 aromatic rings. The summed E-state index contributed by atoms with van der Waals surface area (Å²) in [4.78, 5) is 31.6. The minimum absolute atomic E-state index is 0. The topological polar surface area (TPSA) is 68.4 Å². The molecule has 0 radical (unpaired) electrons.